The van der Waals surface area contributed by atoms with E-state index in [4.69, 9.17) is 10.5 Å². The zero-order valence-corrected chi connectivity index (χ0v) is 13.7. The lowest BCUT2D eigenvalue weighted by Gasteiger charge is -2.34. The minimum Gasteiger partial charge on any atom is -0.481 e. The van der Waals surface area contributed by atoms with E-state index in [1.54, 1.807) is 0 Å². The summed E-state index contributed by atoms with van der Waals surface area (Å²) < 4.78 is 5.87. The molecule has 0 bridgehead atoms. The fourth-order valence-corrected chi connectivity index (χ4v) is 3.45. The van der Waals surface area contributed by atoms with Gasteiger partial charge in [-0.15, -0.1) is 0 Å². The first kappa shape index (κ1) is 16.5. The van der Waals surface area contributed by atoms with Crippen LogP contribution >= 0.6 is 0 Å². The Bertz CT molecular complexity index is 645. The molecule has 1 amide bonds. The summed E-state index contributed by atoms with van der Waals surface area (Å²) in [7, 11) is 0. The van der Waals surface area contributed by atoms with Crippen molar-refractivity contribution in [2.75, 3.05) is 13.1 Å². The van der Waals surface area contributed by atoms with Crippen molar-refractivity contribution in [2.45, 2.75) is 24.9 Å². The maximum atomic E-state index is 11.9. The van der Waals surface area contributed by atoms with Crippen LogP contribution < -0.4 is 15.8 Å². The van der Waals surface area contributed by atoms with Crippen molar-refractivity contribution in [1.29, 1.82) is 0 Å². The van der Waals surface area contributed by atoms with Crippen LogP contribution in [0.4, 0.5) is 0 Å². The second kappa shape index (κ2) is 7.97. The van der Waals surface area contributed by atoms with Crippen LogP contribution in [0, 0.1) is 5.92 Å². The quantitative estimate of drug-likeness (QED) is 0.859. The van der Waals surface area contributed by atoms with Crippen molar-refractivity contribution < 1.29 is 9.53 Å². The van der Waals surface area contributed by atoms with E-state index in [-0.39, 0.29) is 0 Å². The van der Waals surface area contributed by atoms with Gasteiger partial charge in [-0.25, -0.2) is 0 Å². The van der Waals surface area contributed by atoms with Gasteiger partial charge in [0, 0.05) is 6.54 Å². The highest BCUT2D eigenvalue weighted by Crippen LogP contribution is 2.33. The number of hydrogen-bond donors (Lipinski definition) is 2. The Labute approximate surface area is 143 Å². The van der Waals surface area contributed by atoms with Crippen LogP contribution in [0.2, 0.25) is 0 Å². The summed E-state index contributed by atoms with van der Waals surface area (Å²) in [6, 6.07) is 19.9. The molecule has 4 nitrogen and oxygen atoms in total. The van der Waals surface area contributed by atoms with Crippen molar-refractivity contribution in [3.63, 3.8) is 0 Å². The lowest BCUT2D eigenvalue weighted by molar-refractivity contribution is -0.125. The molecule has 3 rings (SSSR count). The van der Waals surface area contributed by atoms with Crippen molar-refractivity contribution in [3.05, 3.63) is 66.2 Å². The van der Waals surface area contributed by atoms with Crippen molar-refractivity contribution in [1.82, 2.24) is 5.32 Å². The number of carbonyl (C=O) groups excluding carboxylic acids is 1. The molecule has 4 heteroatoms. The first-order chi connectivity index (χ1) is 11.7. The second-order valence-corrected chi connectivity index (χ2v) is 6.33. The number of piperidine rings is 1. The van der Waals surface area contributed by atoms with Gasteiger partial charge in [0.25, 0.3) is 5.91 Å². The van der Waals surface area contributed by atoms with Gasteiger partial charge in [0.1, 0.15) is 5.75 Å². The van der Waals surface area contributed by atoms with Crippen molar-refractivity contribution in [3.8, 4) is 5.75 Å². The van der Waals surface area contributed by atoms with E-state index < -0.39 is 12.0 Å². The van der Waals surface area contributed by atoms with Crippen LogP contribution in [0.15, 0.2) is 60.7 Å². The van der Waals surface area contributed by atoms with Crippen LogP contribution in [0.3, 0.4) is 0 Å². The minimum atomic E-state index is -0.596. The lowest BCUT2D eigenvalue weighted by Crippen LogP contribution is -2.41. The molecule has 1 aliphatic heterocycles. The summed E-state index contributed by atoms with van der Waals surface area (Å²) in [4.78, 5) is 11.9. The van der Waals surface area contributed by atoms with Gasteiger partial charge in [-0.2, -0.15) is 0 Å². The highest BCUT2D eigenvalue weighted by Gasteiger charge is 2.31. The number of rotatable bonds is 6. The average molecular weight is 324 g/mol. The zero-order valence-electron chi connectivity index (χ0n) is 13.7. The minimum absolute atomic E-state index is 0.370. The molecule has 1 saturated heterocycles. The van der Waals surface area contributed by atoms with Gasteiger partial charge < -0.3 is 15.8 Å². The van der Waals surface area contributed by atoms with Gasteiger partial charge in [-0.3, -0.25) is 4.79 Å². The molecule has 1 heterocycles. The smallest absolute Gasteiger partial charge is 0.258 e. The van der Waals surface area contributed by atoms with Crippen LogP contribution in [-0.4, -0.2) is 25.1 Å². The summed E-state index contributed by atoms with van der Waals surface area (Å²) in [5, 5.41) is 3.46. The van der Waals surface area contributed by atoms with Gasteiger partial charge >= 0.3 is 0 Å². The number of primary amides is 1. The van der Waals surface area contributed by atoms with Crippen LogP contribution in [0.1, 0.15) is 24.3 Å². The maximum absolute atomic E-state index is 11.9. The van der Waals surface area contributed by atoms with E-state index in [0.29, 0.717) is 24.0 Å². The fourth-order valence-electron chi connectivity index (χ4n) is 3.45. The molecule has 0 aromatic heterocycles. The molecule has 0 aliphatic carbocycles. The van der Waals surface area contributed by atoms with Gasteiger partial charge in [0.05, 0.1) is 0 Å². The van der Waals surface area contributed by atoms with E-state index >= 15 is 0 Å². The highest BCUT2D eigenvalue weighted by atomic mass is 16.5. The Kier molecular flexibility index (Phi) is 5.49. The van der Waals surface area contributed by atoms with Gasteiger partial charge in [0.15, 0.2) is 6.10 Å². The van der Waals surface area contributed by atoms with Crippen molar-refractivity contribution >= 4 is 5.91 Å². The van der Waals surface area contributed by atoms with Crippen LogP contribution in [-0.2, 0) is 4.79 Å². The van der Waals surface area contributed by atoms with Gasteiger partial charge in [-0.05, 0) is 48.9 Å². The molecule has 3 N–H and O–H groups in total. The Balaban J connectivity index is 1.73. The number of para-hydroxylation sites is 1. The average Bonchev–Trinajstić information content (AvgIpc) is 2.63. The van der Waals surface area contributed by atoms with E-state index in [2.05, 4.69) is 29.6 Å². The van der Waals surface area contributed by atoms with Crippen LogP contribution in [0.25, 0.3) is 0 Å². The summed E-state index contributed by atoms with van der Waals surface area (Å²) in [6.07, 6.45) is 1.06. The molecular formula is C20H24N2O2. The topological polar surface area (TPSA) is 64.4 Å². The molecule has 126 valence electrons. The monoisotopic (exact) mass is 324 g/mol. The first-order valence-electron chi connectivity index (χ1n) is 8.50. The Morgan fingerprint density at radius 3 is 2.46 bits per heavy atom. The molecule has 3 atom stereocenters. The number of carbonyl (C=O) groups is 1. The van der Waals surface area contributed by atoms with E-state index in [1.165, 1.54) is 5.56 Å². The third kappa shape index (κ3) is 4.15. The van der Waals surface area contributed by atoms with Gasteiger partial charge in [-0.1, -0.05) is 48.5 Å². The molecule has 1 aliphatic rings. The van der Waals surface area contributed by atoms with Crippen LogP contribution in [0.5, 0.6) is 5.75 Å². The van der Waals surface area contributed by atoms with E-state index in [9.17, 15) is 4.79 Å². The summed E-state index contributed by atoms with van der Waals surface area (Å²) in [5.74, 6) is 1.03. The highest BCUT2D eigenvalue weighted by molar-refractivity contribution is 5.79. The maximum Gasteiger partial charge on any atom is 0.258 e. The van der Waals surface area contributed by atoms with Crippen molar-refractivity contribution in [2.24, 2.45) is 11.7 Å². The summed E-state index contributed by atoms with van der Waals surface area (Å²) in [6.45, 7) is 1.89. The molecule has 3 unspecified atom stereocenters. The van der Waals surface area contributed by atoms with E-state index in [0.717, 1.165) is 19.5 Å². The predicted octanol–water partition coefficient (Wildman–Crippen LogP) is 2.70. The molecule has 2 aromatic rings. The fraction of sp³-hybridized carbons (Fsp3) is 0.350. The third-order valence-corrected chi connectivity index (χ3v) is 4.71. The normalized spacial score (nSPS) is 21.8. The molecule has 0 spiro atoms. The number of nitrogens with two attached hydrogens (primary N) is 1. The SMILES string of the molecule is NC(=O)C(CC1CCNCC1c1ccccc1)Oc1ccccc1. The van der Waals surface area contributed by atoms with E-state index in [1.807, 2.05) is 36.4 Å². The molecule has 1 fully saturated rings. The zero-order chi connectivity index (χ0) is 16.8. The number of ether oxygens (including phenoxy) is 1. The Morgan fingerprint density at radius 1 is 1.12 bits per heavy atom. The number of nitrogens with one attached hydrogen (secondary N) is 1. The molecule has 0 radical (unpaired) electrons. The Morgan fingerprint density at radius 2 is 1.79 bits per heavy atom. The number of amides is 1. The van der Waals surface area contributed by atoms with Gasteiger partial charge in [0.2, 0.25) is 0 Å². The molecule has 2 aromatic carbocycles. The molecular weight excluding hydrogens is 300 g/mol. The predicted molar refractivity (Wildman–Crippen MR) is 94.8 cm³/mol. The number of benzene rings is 2. The standard InChI is InChI=1S/C20H24N2O2/c21-20(23)19(24-17-9-5-2-6-10-17)13-16-11-12-22-14-18(16)15-7-3-1-4-8-15/h1-10,16,18-19,22H,11-14H2,(H2,21,23). The molecule has 24 heavy (non-hydrogen) atoms. The Hall–Kier alpha value is -2.33. The third-order valence-electron chi connectivity index (χ3n) is 4.71. The largest absolute Gasteiger partial charge is 0.481 e. The first-order valence-corrected chi connectivity index (χ1v) is 8.50. The lowest BCUT2D eigenvalue weighted by atomic mass is 9.78. The second-order valence-electron chi connectivity index (χ2n) is 6.33. The number of hydrogen-bond acceptors (Lipinski definition) is 3. The summed E-state index contributed by atoms with van der Waals surface area (Å²) in [5.41, 5.74) is 6.91. The summed E-state index contributed by atoms with van der Waals surface area (Å²) >= 11 is 0. The molecule has 0 saturated carbocycles.